The molecule has 0 bridgehead atoms. The number of amides is 1. The van der Waals surface area contributed by atoms with Crippen LogP contribution in [0.1, 0.15) is 28.4 Å². The van der Waals surface area contributed by atoms with E-state index in [9.17, 15) is 35.4 Å². The minimum absolute atomic E-state index is 0.0127. The summed E-state index contributed by atoms with van der Waals surface area (Å²) in [4.78, 5) is 11.8. The van der Waals surface area contributed by atoms with Gasteiger partial charge in [0.05, 0.1) is 17.0 Å². The Kier molecular flexibility index (Phi) is 4.30. The number of primary amides is 1. The summed E-state index contributed by atoms with van der Waals surface area (Å²) in [7, 11) is 0. The molecule has 160 valence electrons. The second-order valence-electron chi connectivity index (χ2n) is 8.21. The molecule has 5 atom stereocenters. The molecule has 2 unspecified atom stereocenters. The molecule has 1 amide bonds. The minimum Gasteiger partial charge on any atom is -0.510 e. The van der Waals surface area contributed by atoms with E-state index in [4.69, 9.17) is 11.5 Å². The van der Waals surface area contributed by atoms with Gasteiger partial charge in [-0.3, -0.25) is 4.79 Å². The third-order valence-corrected chi connectivity index (χ3v) is 6.78. The highest BCUT2D eigenvalue weighted by molar-refractivity contribution is 5.99. The zero-order valence-electron chi connectivity index (χ0n) is 16.4. The van der Waals surface area contributed by atoms with Crippen molar-refractivity contribution in [2.24, 2.45) is 17.4 Å². The summed E-state index contributed by atoms with van der Waals surface area (Å²) in [5.41, 5.74) is 9.78. The standard InChI is InChI=1S/C21H24N2O7/c1-6-3-4-8-7(2)9-5-10-14(22)17(26)13(20(23)29)19(28)21(10,30)18(27)12(9)16(25)11(8)15(6)24/h3-4,10,14,18-19,24-28,30H,5,22H2,1-2H3,(H2,23,29)/t10-,14+,18?,19?,21-/m1/s1. The van der Waals surface area contributed by atoms with E-state index in [0.717, 1.165) is 0 Å². The zero-order chi connectivity index (χ0) is 22.3. The van der Waals surface area contributed by atoms with Crippen molar-refractivity contribution in [2.45, 2.75) is 44.1 Å². The lowest BCUT2D eigenvalue weighted by Crippen LogP contribution is -2.66. The number of aryl methyl sites for hydroxylation is 2. The summed E-state index contributed by atoms with van der Waals surface area (Å²) in [6.07, 6.45) is -3.93. The Morgan fingerprint density at radius 2 is 1.73 bits per heavy atom. The van der Waals surface area contributed by atoms with E-state index >= 15 is 0 Å². The molecule has 0 aliphatic heterocycles. The summed E-state index contributed by atoms with van der Waals surface area (Å²) < 4.78 is 0. The third-order valence-electron chi connectivity index (χ3n) is 6.78. The van der Waals surface area contributed by atoms with Crippen molar-refractivity contribution >= 4 is 16.7 Å². The molecule has 2 aliphatic rings. The number of rotatable bonds is 1. The maximum absolute atomic E-state index is 11.8. The Hall–Kier alpha value is -2.85. The van der Waals surface area contributed by atoms with Crippen LogP contribution in [-0.4, -0.2) is 54.3 Å². The topological polar surface area (TPSA) is 190 Å². The molecule has 0 aromatic heterocycles. The average molecular weight is 416 g/mol. The molecule has 0 saturated heterocycles. The lowest BCUT2D eigenvalue weighted by molar-refractivity contribution is -0.188. The highest BCUT2D eigenvalue weighted by atomic mass is 16.4. The fraction of sp³-hybridized carbons (Fsp3) is 0.381. The number of phenolic OH excluding ortho intramolecular Hbond substituents is 2. The van der Waals surface area contributed by atoms with Crippen LogP contribution < -0.4 is 11.5 Å². The Labute approximate surface area is 171 Å². The highest BCUT2D eigenvalue weighted by Gasteiger charge is 2.61. The van der Waals surface area contributed by atoms with Gasteiger partial charge in [0.2, 0.25) is 0 Å². The predicted octanol–water partition coefficient (Wildman–Crippen LogP) is -0.196. The molecule has 2 aromatic rings. The number of aliphatic hydroxyl groups excluding tert-OH is 3. The molecule has 2 aliphatic carbocycles. The molecule has 30 heavy (non-hydrogen) atoms. The number of aromatic hydroxyl groups is 2. The van der Waals surface area contributed by atoms with E-state index in [2.05, 4.69) is 0 Å². The van der Waals surface area contributed by atoms with Crippen molar-refractivity contribution < 1.29 is 35.4 Å². The summed E-state index contributed by atoms with van der Waals surface area (Å²) in [6.45, 7) is 3.39. The van der Waals surface area contributed by atoms with Gasteiger partial charge in [-0.15, -0.1) is 0 Å². The minimum atomic E-state index is -2.40. The quantitative estimate of drug-likeness (QED) is 0.313. The Morgan fingerprint density at radius 3 is 2.33 bits per heavy atom. The first-order valence-corrected chi connectivity index (χ1v) is 9.47. The number of nitrogens with two attached hydrogens (primary N) is 2. The molecule has 2 aromatic carbocycles. The summed E-state index contributed by atoms with van der Waals surface area (Å²) in [6, 6.07) is 2.13. The molecule has 9 heteroatoms. The second-order valence-corrected chi connectivity index (χ2v) is 8.21. The van der Waals surface area contributed by atoms with Gasteiger partial charge in [0.1, 0.15) is 35.1 Å². The first-order chi connectivity index (χ1) is 13.9. The molecule has 4 rings (SSSR count). The first kappa shape index (κ1) is 20.4. The number of benzene rings is 2. The van der Waals surface area contributed by atoms with E-state index in [1.807, 2.05) is 0 Å². The maximum atomic E-state index is 11.8. The molecular weight excluding hydrogens is 392 g/mol. The Bertz CT molecular complexity index is 1140. The molecule has 0 saturated carbocycles. The van der Waals surface area contributed by atoms with Gasteiger partial charge in [0.15, 0.2) is 0 Å². The number of aliphatic hydroxyl groups is 4. The predicted molar refractivity (Wildman–Crippen MR) is 107 cm³/mol. The van der Waals surface area contributed by atoms with Gasteiger partial charge in [-0.25, -0.2) is 0 Å². The molecule has 0 heterocycles. The van der Waals surface area contributed by atoms with E-state index in [1.54, 1.807) is 26.0 Å². The fourth-order valence-corrected chi connectivity index (χ4v) is 5.03. The lowest BCUT2D eigenvalue weighted by Gasteiger charge is -2.52. The highest BCUT2D eigenvalue weighted by Crippen LogP contribution is 2.55. The summed E-state index contributed by atoms with van der Waals surface area (Å²) in [5, 5.41) is 65.8. The van der Waals surface area contributed by atoms with Gasteiger partial charge < -0.3 is 42.1 Å². The fourth-order valence-electron chi connectivity index (χ4n) is 5.03. The van der Waals surface area contributed by atoms with Crippen molar-refractivity contribution in [1.29, 1.82) is 0 Å². The van der Waals surface area contributed by atoms with Crippen LogP contribution in [0, 0.1) is 19.8 Å². The molecule has 9 nitrogen and oxygen atoms in total. The number of phenols is 2. The number of fused-ring (bicyclic) bond motifs is 3. The van der Waals surface area contributed by atoms with Crippen LogP contribution in [0.3, 0.4) is 0 Å². The van der Waals surface area contributed by atoms with Crippen molar-refractivity contribution in [2.75, 3.05) is 0 Å². The smallest absolute Gasteiger partial charge is 0.250 e. The van der Waals surface area contributed by atoms with Gasteiger partial charge in [-0.05, 0) is 42.3 Å². The van der Waals surface area contributed by atoms with E-state index in [0.29, 0.717) is 22.1 Å². The summed E-state index contributed by atoms with van der Waals surface area (Å²) >= 11 is 0. The Morgan fingerprint density at radius 1 is 1.10 bits per heavy atom. The van der Waals surface area contributed by atoms with Gasteiger partial charge in [-0.1, -0.05) is 12.1 Å². The normalized spacial score (nSPS) is 30.9. The van der Waals surface area contributed by atoms with E-state index < -0.39 is 52.8 Å². The molecule has 0 radical (unpaired) electrons. The lowest BCUT2D eigenvalue weighted by atomic mass is 9.59. The van der Waals surface area contributed by atoms with Crippen molar-refractivity contribution in [3.8, 4) is 11.5 Å². The number of carbonyl (C=O) groups is 1. The van der Waals surface area contributed by atoms with Crippen LogP contribution in [0.25, 0.3) is 10.8 Å². The van der Waals surface area contributed by atoms with Crippen LogP contribution in [-0.2, 0) is 11.2 Å². The average Bonchev–Trinajstić information content (AvgIpc) is 2.68. The van der Waals surface area contributed by atoms with Crippen LogP contribution >= 0.6 is 0 Å². The van der Waals surface area contributed by atoms with Crippen molar-refractivity contribution in [1.82, 2.24) is 0 Å². The van der Waals surface area contributed by atoms with Gasteiger partial charge in [-0.2, -0.15) is 0 Å². The SMILES string of the molecule is Cc1ccc2c(C)c3c(c(O)c2c1O)C(O)[C@@]1(O)C(O)C(C(N)=O)=C(O)[C@@H](N)[C@H]1C3. The van der Waals surface area contributed by atoms with Crippen LogP contribution in [0.15, 0.2) is 23.5 Å². The van der Waals surface area contributed by atoms with Crippen LogP contribution in [0.5, 0.6) is 11.5 Å². The Balaban J connectivity index is 2.05. The van der Waals surface area contributed by atoms with Gasteiger partial charge in [0, 0.05) is 11.5 Å². The zero-order valence-corrected chi connectivity index (χ0v) is 16.4. The number of carbonyl (C=O) groups excluding carboxylic acids is 1. The maximum Gasteiger partial charge on any atom is 0.250 e. The van der Waals surface area contributed by atoms with Crippen LogP contribution in [0.4, 0.5) is 0 Å². The molecule has 10 N–H and O–H groups in total. The molecule has 0 fully saturated rings. The number of hydrogen-bond donors (Lipinski definition) is 8. The number of hydrogen-bond acceptors (Lipinski definition) is 8. The largest absolute Gasteiger partial charge is 0.510 e. The van der Waals surface area contributed by atoms with Crippen molar-refractivity contribution in [3.05, 3.63) is 45.7 Å². The molecular formula is C21H24N2O7. The van der Waals surface area contributed by atoms with Gasteiger partial charge in [0.25, 0.3) is 5.91 Å². The van der Waals surface area contributed by atoms with Gasteiger partial charge >= 0.3 is 0 Å². The molecule has 0 spiro atoms. The third kappa shape index (κ3) is 2.28. The second kappa shape index (κ2) is 6.32. The van der Waals surface area contributed by atoms with Crippen LogP contribution in [0.2, 0.25) is 0 Å². The summed E-state index contributed by atoms with van der Waals surface area (Å²) in [5.74, 6) is -3.52. The first-order valence-electron chi connectivity index (χ1n) is 9.47. The monoisotopic (exact) mass is 416 g/mol. The van der Waals surface area contributed by atoms with Crippen molar-refractivity contribution in [3.63, 3.8) is 0 Å². The van der Waals surface area contributed by atoms with E-state index in [-0.39, 0.29) is 23.1 Å². The van der Waals surface area contributed by atoms with E-state index in [1.165, 1.54) is 0 Å².